The fourth-order valence-electron chi connectivity index (χ4n) is 1.66. The van der Waals surface area contributed by atoms with Crippen molar-refractivity contribution in [2.75, 3.05) is 6.61 Å². The monoisotopic (exact) mass is 190 g/mol. The summed E-state index contributed by atoms with van der Waals surface area (Å²) in [6, 6.07) is 0. The van der Waals surface area contributed by atoms with Crippen molar-refractivity contribution < 1.29 is 24.4 Å². The summed E-state index contributed by atoms with van der Waals surface area (Å²) >= 11 is 0. The Morgan fingerprint density at radius 3 is 2.54 bits per heavy atom. The highest BCUT2D eigenvalue weighted by molar-refractivity contribution is 4.90. The van der Waals surface area contributed by atoms with E-state index in [9.17, 15) is 5.11 Å². The van der Waals surface area contributed by atoms with E-state index in [1.54, 1.807) is 0 Å². The van der Waals surface area contributed by atoms with Crippen LogP contribution in [0.15, 0.2) is 0 Å². The van der Waals surface area contributed by atoms with Gasteiger partial charge in [-0.15, -0.1) is 0 Å². The third-order valence-corrected chi connectivity index (χ3v) is 2.40. The van der Waals surface area contributed by atoms with Crippen molar-refractivity contribution >= 4 is 0 Å². The fourth-order valence-corrected chi connectivity index (χ4v) is 1.66. The minimum atomic E-state index is -0.786. The van der Waals surface area contributed by atoms with Crippen LogP contribution in [-0.2, 0) is 14.2 Å². The van der Waals surface area contributed by atoms with Crippen LogP contribution in [0.4, 0.5) is 0 Å². The number of hydrogen-bond donors (Lipinski definition) is 2. The Morgan fingerprint density at radius 1 is 1.23 bits per heavy atom. The molecule has 0 amide bonds. The van der Waals surface area contributed by atoms with E-state index in [1.807, 2.05) is 6.92 Å². The largest absolute Gasteiger partial charge is 0.394 e. The highest BCUT2D eigenvalue weighted by Crippen LogP contribution is 2.32. The number of rotatable bonds is 2. The third kappa shape index (κ3) is 1.47. The zero-order valence-electron chi connectivity index (χ0n) is 7.42. The van der Waals surface area contributed by atoms with Crippen molar-refractivity contribution in [3.8, 4) is 0 Å². The molecule has 2 rings (SSSR count). The summed E-state index contributed by atoms with van der Waals surface area (Å²) < 4.78 is 15.9. The second-order valence-electron chi connectivity index (χ2n) is 3.29. The number of aliphatic hydroxyl groups excluding tert-OH is 2. The normalized spacial score (nSPS) is 49.6. The van der Waals surface area contributed by atoms with Gasteiger partial charge in [-0.1, -0.05) is 6.92 Å². The van der Waals surface area contributed by atoms with Gasteiger partial charge in [-0.2, -0.15) is 0 Å². The maximum Gasteiger partial charge on any atom is 0.190 e. The molecule has 0 aromatic heterocycles. The number of hydrogen-bond acceptors (Lipinski definition) is 5. The summed E-state index contributed by atoms with van der Waals surface area (Å²) in [4.78, 5) is 0. The molecule has 5 nitrogen and oxygen atoms in total. The van der Waals surface area contributed by atoms with Gasteiger partial charge in [0.2, 0.25) is 0 Å². The van der Waals surface area contributed by atoms with E-state index in [2.05, 4.69) is 0 Å². The Kier molecular flexibility index (Phi) is 2.53. The van der Waals surface area contributed by atoms with Crippen LogP contribution in [0.5, 0.6) is 0 Å². The lowest BCUT2D eigenvalue weighted by Crippen LogP contribution is -2.34. The Morgan fingerprint density at radius 2 is 2.00 bits per heavy atom. The van der Waals surface area contributed by atoms with E-state index in [0.717, 1.165) is 6.42 Å². The lowest BCUT2D eigenvalue weighted by molar-refractivity contribution is -0.174. The van der Waals surface area contributed by atoms with Crippen LogP contribution in [0.2, 0.25) is 0 Å². The van der Waals surface area contributed by atoms with Crippen LogP contribution in [-0.4, -0.2) is 47.7 Å². The lowest BCUT2D eigenvalue weighted by Gasteiger charge is -2.16. The van der Waals surface area contributed by atoms with Gasteiger partial charge in [0.05, 0.1) is 6.61 Å². The number of aliphatic hydroxyl groups is 2. The summed E-state index contributed by atoms with van der Waals surface area (Å²) in [5.74, 6) is 0. The predicted molar refractivity (Wildman–Crippen MR) is 41.8 cm³/mol. The second-order valence-corrected chi connectivity index (χ2v) is 3.29. The van der Waals surface area contributed by atoms with Gasteiger partial charge in [-0.3, -0.25) is 0 Å². The second kappa shape index (κ2) is 3.51. The molecule has 76 valence electrons. The molecule has 0 saturated carbocycles. The van der Waals surface area contributed by atoms with E-state index in [0.29, 0.717) is 0 Å². The maximum atomic E-state index is 9.58. The zero-order valence-corrected chi connectivity index (χ0v) is 7.42. The van der Waals surface area contributed by atoms with Crippen molar-refractivity contribution in [1.29, 1.82) is 0 Å². The first kappa shape index (κ1) is 9.36. The Bertz CT molecular complexity index is 185. The van der Waals surface area contributed by atoms with Crippen LogP contribution in [0, 0.1) is 0 Å². The molecule has 2 N–H and O–H groups in total. The molecule has 0 spiro atoms. The molecule has 0 aromatic rings. The van der Waals surface area contributed by atoms with Crippen LogP contribution < -0.4 is 0 Å². The molecule has 2 saturated heterocycles. The molecule has 2 heterocycles. The first-order chi connectivity index (χ1) is 6.26. The van der Waals surface area contributed by atoms with Gasteiger partial charge >= 0.3 is 0 Å². The minimum Gasteiger partial charge on any atom is -0.394 e. The number of fused-ring (bicyclic) bond motifs is 1. The molecule has 2 aliphatic rings. The third-order valence-electron chi connectivity index (χ3n) is 2.40. The molecule has 0 radical (unpaired) electrons. The highest BCUT2D eigenvalue weighted by Gasteiger charge is 2.50. The summed E-state index contributed by atoms with van der Waals surface area (Å²) in [5.41, 5.74) is 0. The van der Waals surface area contributed by atoms with Crippen molar-refractivity contribution in [3.63, 3.8) is 0 Å². The van der Waals surface area contributed by atoms with E-state index in [4.69, 9.17) is 19.3 Å². The van der Waals surface area contributed by atoms with Gasteiger partial charge in [0.25, 0.3) is 0 Å². The average molecular weight is 190 g/mol. The average Bonchev–Trinajstić information content (AvgIpc) is 2.65. The van der Waals surface area contributed by atoms with Gasteiger partial charge in [-0.25, -0.2) is 0 Å². The van der Waals surface area contributed by atoms with Crippen molar-refractivity contribution in [2.24, 2.45) is 0 Å². The van der Waals surface area contributed by atoms with Crippen LogP contribution >= 0.6 is 0 Å². The van der Waals surface area contributed by atoms with Crippen LogP contribution in [0.3, 0.4) is 0 Å². The molecule has 13 heavy (non-hydrogen) atoms. The molecule has 5 heteroatoms. The van der Waals surface area contributed by atoms with E-state index in [1.165, 1.54) is 0 Å². The fraction of sp³-hybridized carbons (Fsp3) is 1.00. The highest BCUT2D eigenvalue weighted by atomic mass is 16.8. The SMILES string of the molecule is CCC1OC2OC(CO)C(O)C2O1. The van der Waals surface area contributed by atoms with Gasteiger partial charge in [-0.05, 0) is 6.42 Å². The minimum absolute atomic E-state index is 0.211. The van der Waals surface area contributed by atoms with Gasteiger partial charge < -0.3 is 24.4 Å². The van der Waals surface area contributed by atoms with Crippen molar-refractivity contribution in [3.05, 3.63) is 0 Å². The molecular weight excluding hydrogens is 176 g/mol. The van der Waals surface area contributed by atoms with Gasteiger partial charge in [0.1, 0.15) is 18.3 Å². The Balaban J connectivity index is 1.98. The smallest absolute Gasteiger partial charge is 0.190 e. The molecule has 2 fully saturated rings. The standard InChI is InChI=1S/C8H14O5/c1-2-5-12-7-6(10)4(3-9)11-8(7)13-5/h4-10H,2-3H2,1H3. The maximum absolute atomic E-state index is 9.58. The first-order valence-corrected chi connectivity index (χ1v) is 4.51. The Hall–Kier alpha value is -0.200. The summed E-state index contributed by atoms with van der Waals surface area (Å²) in [5, 5.41) is 18.4. The molecule has 5 atom stereocenters. The van der Waals surface area contributed by atoms with Gasteiger partial charge in [0.15, 0.2) is 12.6 Å². The molecule has 0 aromatic carbocycles. The predicted octanol–water partition coefficient (Wildman–Crippen LogP) is -0.784. The van der Waals surface area contributed by atoms with Crippen molar-refractivity contribution in [1.82, 2.24) is 0 Å². The summed E-state index contributed by atoms with van der Waals surface area (Å²) in [6.45, 7) is 1.72. The topological polar surface area (TPSA) is 68.2 Å². The quantitative estimate of drug-likeness (QED) is 0.597. The lowest BCUT2D eigenvalue weighted by atomic mass is 10.1. The molecule has 5 unspecified atom stereocenters. The van der Waals surface area contributed by atoms with Gasteiger partial charge in [0, 0.05) is 0 Å². The molecule has 0 bridgehead atoms. The van der Waals surface area contributed by atoms with E-state index < -0.39 is 24.6 Å². The molecule has 0 aliphatic carbocycles. The van der Waals surface area contributed by atoms with E-state index >= 15 is 0 Å². The zero-order chi connectivity index (χ0) is 9.42. The Labute approximate surface area is 76.2 Å². The van der Waals surface area contributed by atoms with E-state index in [-0.39, 0.29) is 12.9 Å². The summed E-state index contributed by atoms with van der Waals surface area (Å²) in [6.07, 6.45) is -1.88. The summed E-state index contributed by atoms with van der Waals surface area (Å²) in [7, 11) is 0. The number of ether oxygens (including phenoxy) is 3. The van der Waals surface area contributed by atoms with Crippen LogP contribution in [0.1, 0.15) is 13.3 Å². The van der Waals surface area contributed by atoms with Crippen molar-refractivity contribution in [2.45, 2.75) is 44.2 Å². The van der Waals surface area contributed by atoms with Crippen LogP contribution in [0.25, 0.3) is 0 Å². The first-order valence-electron chi connectivity index (χ1n) is 4.51. The molecular formula is C8H14O5. The molecule has 2 aliphatic heterocycles.